The predicted octanol–water partition coefficient (Wildman–Crippen LogP) is 3.69. The van der Waals surface area contributed by atoms with Crippen molar-refractivity contribution >= 4 is 17.0 Å². The van der Waals surface area contributed by atoms with Crippen molar-refractivity contribution in [3.63, 3.8) is 0 Å². The summed E-state index contributed by atoms with van der Waals surface area (Å²) in [6.45, 7) is 1.54. The van der Waals surface area contributed by atoms with Crippen LogP contribution >= 0.6 is 11.3 Å². The third-order valence-corrected chi connectivity index (χ3v) is 6.24. The second-order valence-electron chi connectivity index (χ2n) is 7.58. The Morgan fingerprint density at radius 1 is 1.23 bits per heavy atom. The van der Waals surface area contributed by atoms with E-state index in [1.54, 1.807) is 16.0 Å². The second-order valence-corrected chi connectivity index (χ2v) is 8.55. The first-order valence-electron chi connectivity index (χ1n) is 10.3. The maximum atomic E-state index is 6.37. The van der Waals surface area contributed by atoms with Crippen LogP contribution in [-0.4, -0.2) is 38.9 Å². The molecule has 2 atom stereocenters. The van der Waals surface area contributed by atoms with Gasteiger partial charge >= 0.3 is 0 Å². The fourth-order valence-corrected chi connectivity index (χ4v) is 4.42. The van der Waals surface area contributed by atoms with Crippen LogP contribution in [0, 0.1) is 0 Å². The number of ether oxygens (including phenoxy) is 1. The minimum absolute atomic E-state index is 0.0505. The molecule has 0 fully saturated rings. The normalized spacial score (nSPS) is 16.2. The molecule has 8 heteroatoms. The minimum Gasteiger partial charge on any atom is -0.469 e. The highest BCUT2D eigenvalue weighted by molar-refractivity contribution is 7.09. The standard InChI is InChI=1S/C23H24N6OS/c1-29-14-18(11-28-29)17-9-20-23(27-10-17)30-21(13-26-20)22(16-5-3-2-4-6-16)25-8-7-19-12-24-15-31-19/h2-6,9-12,14-15,21-22,25-26H,7-8,13H2,1H3/t21-,22+/m0/s1. The van der Waals surface area contributed by atoms with E-state index in [4.69, 9.17) is 4.74 Å². The Morgan fingerprint density at radius 2 is 2.13 bits per heavy atom. The van der Waals surface area contributed by atoms with Crippen LogP contribution in [-0.2, 0) is 13.5 Å². The van der Waals surface area contributed by atoms with Gasteiger partial charge < -0.3 is 15.4 Å². The van der Waals surface area contributed by atoms with Gasteiger partial charge in [-0.3, -0.25) is 9.67 Å². The first-order valence-corrected chi connectivity index (χ1v) is 11.2. The van der Waals surface area contributed by atoms with Crippen molar-refractivity contribution in [3.8, 4) is 17.0 Å². The van der Waals surface area contributed by atoms with Crippen LogP contribution in [0.3, 0.4) is 0 Å². The first-order chi connectivity index (χ1) is 15.3. The van der Waals surface area contributed by atoms with Gasteiger partial charge in [-0.2, -0.15) is 5.10 Å². The Labute approximate surface area is 185 Å². The second kappa shape index (κ2) is 8.87. The zero-order chi connectivity index (χ0) is 21.0. The zero-order valence-corrected chi connectivity index (χ0v) is 18.0. The highest BCUT2D eigenvalue weighted by atomic mass is 32.1. The van der Waals surface area contributed by atoms with Gasteiger partial charge in [-0.1, -0.05) is 30.3 Å². The Bertz CT molecular complexity index is 1130. The van der Waals surface area contributed by atoms with E-state index in [1.165, 1.54) is 10.4 Å². The van der Waals surface area contributed by atoms with Crippen molar-refractivity contribution in [2.45, 2.75) is 18.6 Å². The van der Waals surface area contributed by atoms with Gasteiger partial charge in [0.25, 0.3) is 0 Å². The van der Waals surface area contributed by atoms with Gasteiger partial charge in [-0.25, -0.2) is 4.98 Å². The fourth-order valence-electron chi connectivity index (χ4n) is 3.82. The maximum absolute atomic E-state index is 6.37. The van der Waals surface area contributed by atoms with E-state index in [0.29, 0.717) is 12.4 Å². The molecule has 0 amide bonds. The van der Waals surface area contributed by atoms with Crippen LogP contribution in [0.25, 0.3) is 11.1 Å². The Kier molecular flexibility index (Phi) is 5.64. The molecule has 158 valence electrons. The number of nitrogens with one attached hydrogen (secondary N) is 2. The van der Waals surface area contributed by atoms with Crippen LogP contribution in [0.15, 0.2) is 66.7 Å². The van der Waals surface area contributed by atoms with Crippen LogP contribution in [0.5, 0.6) is 5.88 Å². The number of rotatable bonds is 7. The average Bonchev–Trinajstić information content (AvgIpc) is 3.48. The quantitative estimate of drug-likeness (QED) is 0.464. The highest BCUT2D eigenvalue weighted by Gasteiger charge is 2.29. The number of aryl methyl sites for hydroxylation is 1. The van der Waals surface area contributed by atoms with Gasteiger partial charge in [0.2, 0.25) is 5.88 Å². The molecule has 31 heavy (non-hydrogen) atoms. The Morgan fingerprint density at radius 3 is 2.90 bits per heavy atom. The SMILES string of the molecule is Cn1cc(-c2cnc3c(c2)NC[C@@H]([C@H](NCCc2cncs2)c2ccccc2)O3)cn1. The largest absolute Gasteiger partial charge is 0.469 e. The molecule has 0 aliphatic carbocycles. The molecule has 1 aliphatic rings. The molecule has 4 aromatic rings. The molecule has 1 aliphatic heterocycles. The number of anilines is 1. The molecule has 0 bridgehead atoms. The molecule has 0 saturated heterocycles. The van der Waals surface area contributed by atoms with Gasteiger partial charge in [0.15, 0.2) is 0 Å². The molecule has 4 heterocycles. The Balaban J connectivity index is 1.33. The van der Waals surface area contributed by atoms with Crippen molar-refractivity contribution in [3.05, 3.63) is 77.1 Å². The molecule has 0 spiro atoms. The third kappa shape index (κ3) is 4.45. The van der Waals surface area contributed by atoms with Crippen molar-refractivity contribution in [1.29, 1.82) is 0 Å². The van der Waals surface area contributed by atoms with Crippen molar-refractivity contribution in [2.75, 3.05) is 18.4 Å². The number of thiazole rings is 1. The lowest BCUT2D eigenvalue weighted by Gasteiger charge is -2.33. The highest BCUT2D eigenvalue weighted by Crippen LogP contribution is 2.34. The Hall–Kier alpha value is -3.23. The van der Waals surface area contributed by atoms with E-state index in [0.717, 1.165) is 29.8 Å². The van der Waals surface area contributed by atoms with Crippen LogP contribution in [0.1, 0.15) is 16.5 Å². The summed E-state index contributed by atoms with van der Waals surface area (Å²) in [5, 5.41) is 11.5. The zero-order valence-electron chi connectivity index (χ0n) is 17.2. The number of benzene rings is 1. The van der Waals surface area contributed by atoms with Gasteiger partial charge in [-0.15, -0.1) is 11.3 Å². The van der Waals surface area contributed by atoms with Gasteiger partial charge in [0.05, 0.1) is 30.0 Å². The molecule has 2 N–H and O–H groups in total. The maximum Gasteiger partial charge on any atom is 0.237 e. The molecular formula is C23H24N6OS. The van der Waals surface area contributed by atoms with E-state index in [9.17, 15) is 0 Å². The molecule has 0 saturated carbocycles. The summed E-state index contributed by atoms with van der Waals surface area (Å²) in [6, 6.07) is 12.6. The number of hydrogen-bond donors (Lipinski definition) is 2. The smallest absolute Gasteiger partial charge is 0.237 e. The van der Waals surface area contributed by atoms with Gasteiger partial charge in [-0.05, 0) is 18.1 Å². The number of pyridine rings is 1. The summed E-state index contributed by atoms with van der Waals surface area (Å²) >= 11 is 1.69. The molecule has 0 unspecified atom stereocenters. The van der Waals surface area contributed by atoms with E-state index in [2.05, 4.69) is 56.0 Å². The lowest BCUT2D eigenvalue weighted by molar-refractivity contribution is 0.150. The van der Waals surface area contributed by atoms with E-state index < -0.39 is 0 Å². The molecule has 7 nitrogen and oxygen atoms in total. The van der Waals surface area contributed by atoms with E-state index >= 15 is 0 Å². The van der Waals surface area contributed by atoms with E-state index in [-0.39, 0.29) is 12.1 Å². The van der Waals surface area contributed by atoms with Crippen molar-refractivity contribution in [1.82, 2.24) is 25.1 Å². The number of hydrogen-bond acceptors (Lipinski definition) is 7. The minimum atomic E-state index is -0.0758. The lowest BCUT2D eigenvalue weighted by atomic mass is 10.00. The lowest BCUT2D eigenvalue weighted by Crippen LogP contribution is -2.43. The van der Waals surface area contributed by atoms with Gasteiger partial charge in [0, 0.05) is 48.2 Å². The van der Waals surface area contributed by atoms with Crippen molar-refractivity contribution < 1.29 is 4.74 Å². The van der Waals surface area contributed by atoms with Crippen LogP contribution in [0.2, 0.25) is 0 Å². The monoisotopic (exact) mass is 432 g/mol. The predicted molar refractivity (Wildman–Crippen MR) is 122 cm³/mol. The average molecular weight is 433 g/mol. The molecular weight excluding hydrogens is 408 g/mol. The molecule has 0 radical (unpaired) electrons. The summed E-state index contributed by atoms with van der Waals surface area (Å²) in [4.78, 5) is 10.0. The fraction of sp³-hybridized carbons (Fsp3) is 0.261. The molecule has 1 aromatic carbocycles. The number of nitrogens with zero attached hydrogens (tertiary/aromatic N) is 4. The summed E-state index contributed by atoms with van der Waals surface area (Å²) in [5.74, 6) is 0.633. The van der Waals surface area contributed by atoms with E-state index in [1.807, 2.05) is 43.4 Å². The number of fused-ring (bicyclic) bond motifs is 1. The number of aromatic nitrogens is 4. The summed E-state index contributed by atoms with van der Waals surface area (Å²) in [7, 11) is 1.91. The third-order valence-electron chi connectivity index (χ3n) is 5.40. The summed E-state index contributed by atoms with van der Waals surface area (Å²) < 4.78 is 8.15. The van der Waals surface area contributed by atoms with Crippen LogP contribution in [0.4, 0.5) is 5.69 Å². The van der Waals surface area contributed by atoms with Gasteiger partial charge in [0.1, 0.15) is 6.10 Å². The molecule has 5 rings (SSSR count). The van der Waals surface area contributed by atoms with Crippen molar-refractivity contribution in [2.24, 2.45) is 7.05 Å². The topological polar surface area (TPSA) is 76.9 Å². The summed E-state index contributed by atoms with van der Waals surface area (Å²) in [6.07, 6.45) is 8.46. The van der Waals surface area contributed by atoms with Crippen LogP contribution < -0.4 is 15.4 Å². The summed E-state index contributed by atoms with van der Waals surface area (Å²) in [5.41, 5.74) is 6.04. The molecule has 3 aromatic heterocycles. The first kappa shape index (κ1) is 19.7.